The fraction of sp³-hybridized carbons (Fsp3) is 0.417. The molecule has 1 atom stereocenters. The number of carbonyl (C=O) groups is 1. The lowest BCUT2D eigenvalue weighted by Crippen LogP contribution is -2.35. The molecule has 1 heterocycles. The summed E-state index contributed by atoms with van der Waals surface area (Å²) in [6, 6.07) is 4.75. The topological polar surface area (TPSA) is 66.1 Å². The highest BCUT2D eigenvalue weighted by atomic mass is 16.2. The third-order valence-corrected chi connectivity index (χ3v) is 2.72. The molecule has 0 aliphatic rings. The van der Waals surface area contributed by atoms with E-state index in [2.05, 4.69) is 0 Å². The van der Waals surface area contributed by atoms with Crippen LogP contribution in [0.4, 0.5) is 0 Å². The predicted molar refractivity (Wildman–Crippen MR) is 63.5 cm³/mol. The van der Waals surface area contributed by atoms with E-state index < -0.39 is 0 Å². The van der Waals surface area contributed by atoms with Crippen LogP contribution in [0.15, 0.2) is 23.1 Å². The van der Waals surface area contributed by atoms with Gasteiger partial charge in [0.25, 0.3) is 11.5 Å². The second-order valence-electron chi connectivity index (χ2n) is 3.99. The summed E-state index contributed by atoms with van der Waals surface area (Å²) in [6.07, 6.45) is 1.82. The Labute approximate surface area is 99.9 Å². The molecule has 0 radical (unpaired) electrons. The lowest BCUT2D eigenvalue weighted by Gasteiger charge is -2.22. The van der Waals surface area contributed by atoms with Gasteiger partial charge in [-0.1, -0.05) is 0 Å². The van der Waals surface area contributed by atoms with Crippen LogP contribution in [0.25, 0.3) is 0 Å². The zero-order valence-corrected chi connectivity index (χ0v) is 10.2. The van der Waals surface area contributed by atoms with E-state index in [0.29, 0.717) is 5.56 Å². The highest BCUT2D eigenvalue weighted by Gasteiger charge is 2.17. The van der Waals surface area contributed by atoms with Gasteiger partial charge in [-0.3, -0.25) is 9.59 Å². The van der Waals surface area contributed by atoms with Crippen LogP contribution in [0.1, 0.15) is 23.7 Å². The molecule has 0 saturated carbocycles. The number of nitriles is 1. The number of rotatable bonds is 3. The van der Waals surface area contributed by atoms with Crippen molar-refractivity contribution in [1.82, 2.24) is 9.47 Å². The van der Waals surface area contributed by atoms with E-state index in [1.54, 1.807) is 33.3 Å². The first-order chi connectivity index (χ1) is 7.97. The quantitative estimate of drug-likeness (QED) is 0.774. The molecule has 0 aliphatic heterocycles. The van der Waals surface area contributed by atoms with Crippen molar-refractivity contribution in [2.24, 2.45) is 7.05 Å². The molecule has 1 aromatic heterocycles. The Balaban J connectivity index is 2.93. The number of hydrogen-bond donors (Lipinski definition) is 0. The van der Waals surface area contributed by atoms with E-state index in [1.807, 2.05) is 6.07 Å². The molecule has 0 saturated heterocycles. The van der Waals surface area contributed by atoms with Crippen molar-refractivity contribution in [3.63, 3.8) is 0 Å². The summed E-state index contributed by atoms with van der Waals surface area (Å²) in [7, 11) is 3.25. The molecule has 17 heavy (non-hydrogen) atoms. The zero-order valence-electron chi connectivity index (χ0n) is 10.2. The molecule has 90 valence electrons. The van der Waals surface area contributed by atoms with Crippen molar-refractivity contribution in [2.75, 3.05) is 7.05 Å². The summed E-state index contributed by atoms with van der Waals surface area (Å²) in [5.74, 6) is -0.245. The van der Waals surface area contributed by atoms with Gasteiger partial charge in [-0.15, -0.1) is 0 Å². The third-order valence-electron chi connectivity index (χ3n) is 2.72. The molecule has 0 aromatic carbocycles. The average Bonchev–Trinajstić information content (AvgIpc) is 2.31. The van der Waals surface area contributed by atoms with Crippen LogP contribution in [-0.4, -0.2) is 28.5 Å². The van der Waals surface area contributed by atoms with Crippen LogP contribution in [-0.2, 0) is 7.05 Å². The molecule has 0 aliphatic carbocycles. The number of aryl methyl sites for hydroxylation is 1. The largest absolute Gasteiger partial charge is 0.338 e. The van der Waals surface area contributed by atoms with Crippen LogP contribution in [0.2, 0.25) is 0 Å². The SMILES string of the molecule is CC(CC#N)N(C)C(=O)c1ccn(C)c(=O)c1. The number of nitrogens with zero attached hydrogens (tertiary/aromatic N) is 3. The van der Waals surface area contributed by atoms with E-state index in [-0.39, 0.29) is 23.9 Å². The van der Waals surface area contributed by atoms with Crippen molar-refractivity contribution in [1.29, 1.82) is 5.26 Å². The molecule has 5 nitrogen and oxygen atoms in total. The van der Waals surface area contributed by atoms with E-state index in [9.17, 15) is 9.59 Å². The molecule has 0 spiro atoms. The van der Waals surface area contributed by atoms with Crippen LogP contribution < -0.4 is 5.56 Å². The average molecular weight is 233 g/mol. The molecule has 1 amide bonds. The number of hydrogen-bond acceptors (Lipinski definition) is 3. The Kier molecular flexibility index (Phi) is 4.05. The highest BCUT2D eigenvalue weighted by molar-refractivity contribution is 5.94. The summed E-state index contributed by atoms with van der Waals surface area (Å²) in [4.78, 5) is 24.9. The van der Waals surface area contributed by atoms with E-state index in [1.165, 1.54) is 15.5 Å². The highest BCUT2D eigenvalue weighted by Crippen LogP contribution is 2.06. The van der Waals surface area contributed by atoms with Crippen LogP contribution in [0.3, 0.4) is 0 Å². The Morgan fingerprint density at radius 1 is 1.65 bits per heavy atom. The van der Waals surface area contributed by atoms with Gasteiger partial charge in [-0.05, 0) is 13.0 Å². The summed E-state index contributed by atoms with van der Waals surface area (Å²) < 4.78 is 1.40. The minimum Gasteiger partial charge on any atom is -0.338 e. The van der Waals surface area contributed by atoms with Gasteiger partial charge >= 0.3 is 0 Å². The van der Waals surface area contributed by atoms with Gasteiger partial charge in [0.1, 0.15) is 0 Å². The second kappa shape index (κ2) is 5.30. The molecule has 5 heteroatoms. The number of pyridine rings is 1. The molecule has 0 N–H and O–H groups in total. The van der Waals surface area contributed by atoms with Crippen molar-refractivity contribution in [3.05, 3.63) is 34.2 Å². The maximum atomic E-state index is 12.0. The van der Waals surface area contributed by atoms with Gasteiger partial charge in [0, 0.05) is 38.0 Å². The smallest absolute Gasteiger partial charge is 0.254 e. The van der Waals surface area contributed by atoms with E-state index in [4.69, 9.17) is 5.26 Å². The second-order valence-corrected chi connectivity index (χ2v) is 3.99. The maximum absolute atomic E-state index is 12.0. The summed E-state index contributed by atoms with van der Waals surface area (Å²) in [6.45, 7) is 1.79. The van der Waals surface area contributed by atoms with Crippen molar-refractivity contribution in [2.45, 2.75) is 19.4 Å². The normalized spacial score (nSPS) is 11.6. The minimum atomic E-state index is -0.245. The first-order valence-electron chi connectivity index (χ1n) is 5.28. The first kappa shape index (κ1) is 13.0. The summed E-state index contributed by atoms with van der Waals surface area (Å²) in [5.41, 5.74) is 0.123. The van der Waals surface area contributed by atoms with E-state index in [0.717, 1.165) is 0 Å². The fourth-order valence-corrected chi connectivity index (χ4v) is 1.35. The molecule has 0 bridgehead atoms. The lowest BCUT2D eigenvalue weighted by atomic mass is 10.2. The molecular weight excluding hydrogens is 218 g/mol. The van der Waals surface area contributed by atoms with Gasteiger partial charge in [0.15, 0.2) is 0 Å². The predicted octanol–water partition coefficient (Wildman–Crippen LogP) is 0.759. The molecular formula is C12H15N3O2. The summed E-state index contributed by atoms with van der Waals surface area (Å²) >= 11 is 0. The van der Waals surface area contributed by atoms with Crippen LogP contribution >= 0.6 is 0 Å². The molecule has 0 fully saturated rings. The zero-order chi connectivity index (χ0) is 13.0. The Morgan fingerprint density at radius 2 is 2.29 bits per heavy atom. The lowest BCUT2D eigenvalue weighted by molar-refractivity contribution is 0.0746. The van der Waals surface area contributed by atoms with Crippen molar-refractivity contribution < 1.29 is 4.79 Å². The Bertz CT molecular complexity index is 513. The molecule has 1 aromatic rings. The standard InChI is InChI=1S/C12H15N3O2/c1-9(4-6-13)15(3)12(17)10-5-7-14(2)11(16)8-10/h5,7-9H,4H2,1-3H3. The van der Waals surface area contributed by atoms with Crippen LogP contribution in [0, 0.1) is 11.3 Å². The van der Waals surface area contributed by atoms with E-state index >= 15 is 0 Å². The van der Waals surface area contributed by atoms with Crippen LogP contribution in [0.5, 0.6) is 0 Å². The fourth-order valence-electron chi connectivity index (χ4n) is 1.35. The number of aromatic nitrogens is 1. The third kappa shape index (κ3) is 2.94. The van der Waals surface area contributed by atoms with Gasteiger partial charge < -0.3 is 9.47 Å². The monoisotopic (exact) mass is 233 g/mol. The van der Waals surface area contributed by atoms with Gasteiger partial charge in [-0.2, -0.15) is 5.26 Å². The number of amides is 1. The van der Waals surface area contributed by atoms with Gasteiger partial charge in [-0.25, -0.2) is 0 Å². The molecule has 1 rings (SSSR count). The van der Waals surface area contributed by atoms with Crippen molar-refractivity contribution >= 4 is 5.91 Å². The Hall–Kier alpha value is -2.09. The first-order valence-corrected chi connectivity index (χ1v) is 5.28. The summed E-state index contributed by atoms with van der Waals surface area (Å²) in [5, 5.41) is 8.58. The molecule has 1 unspecified atom stereocenters. The minimum absolute atomic E-state index is 0.170. The maximum Gasteiger partial charge on any atom is 0.254 e. The van der Waals surface area contributed by atoms with Crippen molar-refractivity contribution in [3.8, 4) is 6.07 Å². The Morgan fingerprint density at radius 3 is 2.82 bits per heavy atom. The van der Waals surface area contributed by atoms with Gasteiger partial charge in [0.2, 0.25) is 0 Å². The van der Waals surface area contributed by atoms with Gasteiger partial charge in [0.05, 0.1) is 12.5 Å². The number of carbonyl (C=O) groups excluding carboxylic acids is 1.